The van der Waals surface area contributed by atoms with Crippen molar-refractivity contribution in [3.63, 3.8) is 0 Å². The molecule has 2 aliphatic rings. The van der Waals surface area contributed by atoms with Crippen molar-refractivity contribution in [2.24, 2.45) is 0 Å². The number of furan rings is 1. The van der Waals surface area contributed by atoms with E-state index >= 15 is 0 Å². The highest BCUT2D eigenvalue weighted by Gasteiger charge is 2.36. The minimum absolute atomic E-state index is 0.379. The van der Waals surface area contributed by atoms with Gasteiger partial charge in [-0.2, -0.15) is 10.0 Å². The largest absolute Gasteiger partial charge is 0.456 e. The standard InChI is InChI=1S/C42H31NOS/c1-45(2)40-14-8-5-10-32(40)33-19-15-27(25-41(33)45)26-16-21-37-35(24-26)31-9-3-6-12-36(31)43(37)29-18-20-30-28(23-29)17-22-39-42(30)34-11-4-7-13-38(34)44-39/h3-14,16-25,27H,15H2,1-2H3. The Bertz CT molecular complexity index is 2610. The zero-order chi connectivity index (χ0) is 29.9. The van der Waals surface area contributed by atoms with Gasteiger partial charge in [0.05, 0.1) is 11.0 Å². The second-order valence-electron chi connectivity index (χ2n) is 12.9. The van der Waals surface area contributed by atoms with Crippen LogP contribution in [0.2, 0.25) is 0 Å². The molecule has 216 valence electrons. The van der Waals surface area contributed by atoms with Crippen LogP contribution in [0.1, 0.15) is 23.5 Å². The van der Waals surface area contributed by atoms with Crippen LogP contribution in [0.4, 0.5) is 0 Å². The maximum Gasteiger partial charge on any atom is 0.136 e. The molecule has 10 rings (SSSR count). The molecular weight excluding hydrogens is 567 g/mol. The third kappa shape index (κ3) is 3.47. The van der Waals surface area contributed by atoms with Crippen molar-refractivity contribution in [3.05, 3.63) is 150 Å². The zero-order valence-electron chi connectivity index (χ0n) is 25.2. The molecule has 0 spiro atoms. The van der Waals surface area contributed by atoms with E-state index in [9.17, 15) is 0 Å². The maximum atomic E-state index is 6.18. The molecule has 0 radical (unpaired) electrons. The van der Waals surface area contributed by atoms with Crippen molar-refractivity contribution in [1.29, 1.82) is 0 Å². The van der Waals surface area contributed by atoms with Crippen LogP contribution >= 0.6 is 10.0 Å². The fourth-order valence-corrected chi connectivity index (χ4v) is 10.7. The van der Waals surface area contributed by atoms with Crippen LogP contribution in [-0.2, 0) is 0 Å². The van der Waals surface area contributed by atoms with Crippen LogP contribution in [0.25, 0.3) is 65.8 Å². The first-order chi connectivity index (χ1) is 22.1. The molecule has 3 heterocycles. The SMILES string of the molecule is CS1(C)C2=CC(c3ccc4c(c3)c3ccccc3n4-c3ccc4c(ccc5oc6ccccc6c54)c3)CC=C2c2ccccc21. The molecule has 0 bridgehead atoms. The second-order valence-corrected chi connectivity index (χ2v) is 16.4. The Labute approximate surface area is 263 Å². The topological polar surface area (TPSA) is 18.1 Å². The average Bonchev–Trinajstić information content (AvgIpc) is 3.70. The average molecular weight is 598 g/mol. The predicted octanol–water partition coefficient (Wildman–Crippen LogP) is 11.7. The molecule has 45 heavy (non-hydrogen) atoms. The van der Waals surface area contributed by atoms with Crippen molar-refractivity contribution in [1.82, 2.24) is 4.57 Å². The minimum atomic E-state index is -1.01. The number of aromatic nitrogens is 1. The lowest BCUT2D eigenvalue weighted by atomic mass is 9.87. The van der Waals surface area contributed by atoms with Gasteiger partial charge in [0.15, 0.2) is 0 Å². The molecule has 1 aliphatic heterocycles. The summed E-state index contributed by atoms with van der Waals surface area (Å²) in [6, 6.07) is 44.6. The number of nitrogens with zero attached hydrogens (tertiary/aromatic N) is 1. The number of benzene rings is 6. The molecule has 0 fully saturated rings. The normalized spacial score (nSPS) is 18.0. The highest BCUT2D eigenvalue weighted by molar-refractivity contribution is 8.36. The second kappa shape index (κ2) is 9.03. The van der Waals surface area contributed by atoms with E-state index in [-0.39, 0.29) is 0 Å². The van der Waals surface area contributed by atoms with Crippen molar-refractivity contribution in [2.75, 3.05) is 12.5 Å². The highest BCUT2D eigenvalue weighted by Crippen LogP contribution is 2.69. The van der Waals surface area contributed by atoms with E-state index in [0.717, 1.165) is 17.6 Å². The molecule has 1 unspecified atom stereocenters. The van der Waals surface area contributed by atoms with E-state index in [0.29, 0.717) is 5.92 Å². The minimum Gasteiger partial charge on any atom is -0.456 e. The van der Waals surface area contributed by atoms with E-state index in [2.05, 4.69) is 144 Å². The number of allylic oxidation sites excluding steroid dienone is 3. The van der Waals surface area contributed by atoms with Crippen LogP contribution in [0.5, 0.6) is 0 Å². The molecule has 1 atom stereocenters. The van der Waals surface area contributed by atoms with Crippen molar-refractivity contribution < 1.29 is 4.42 Å². The summed E-state index contributed by atoms with van der Waals surface area (Å²) in [5.74, 6) is 0.379. The Balaban J connectivity index is 1.12. The molecule has 2 aromatic heterocycles. The van der Waals surface area contributed by atoms with E-state index < -0.39 is 10.0 Å². The summed E-state index contributed by atoms with van der Waals surface area (Å²) in [7, 11) is -1.01. The van der Waals surface area contributed by atoms with Gasteiger partial charge in [-0.3, -0.25) is 0 Å². The first kappa shape index (κ1) is 25.3. The van der Waals surface area contributed by atoms with Gasteiger partial charge < -0.3 is 8.98 Å². The monoisotopic (exact) mass is 597 g/mol. The van der Waals surface area contributed by atoms with E-state index in [1.807, 2.05) is 6.07 Å². The molecule has 2 nitrogen and oxygen atoms in total. The van der Waals surface area contributed by atoms with Gasteiger partial charge in [-0.15, -0.1) is 0 Å². The lowest BCUT2D eigenvalue weighted by molar-refractivity contribution is 0.669. The van der Waals surface area contributed by atoms with Gasteiger partial charge in [0, 0.05) is 38.0 Å². The van der Waals surface area contributed by atoms with Gasteiger partial charge in [-0.1, -0.05) is 84.9 Å². The van der Waals surface area contributed by atoms with E-state index in [1.165, 1.54) is 70.6 Å². The molecule has 0 saturated heterocycles. The third-order valence-electron chi connectivity index (χ3n) is 10.2. The summed E-state index contributed by atoms with van der Waals surface area (Å²) in [5.41, 5.74) is 9.83. The van der Waals surface area contributed by atoms with E-state index in [4.69, 9.17) is 4.42 Å². The van der Waals surface area contributed by atoms with Gasteiger partial charge in [-0.25, -0.2) is 0 Å². The van der Waals surface area contributed by atoms with Gasteiger partial charge in [-0.05, 0) is 99.8 Å². The number of hydrogen-bond acceptors (Lipinski definition) is 1. The molecule has 0 saturated carbocycles. The molecule has 0 amide bonds. The maximum absolute atomic E-state index is 6.18. The van der Waals surface area contributed by atoms with Gasteiger partial charge >= 0.3 is 0 Å². The van der Waals surface area contributed by atoms with Crippen LogP contribution in [0, 0.1) is 0 Å². The van der Waals surface area contributed by atoms with Crippen molar-refractivity contribution in [3.8, 4) is 5.69 Å². The zero-order valence-corrected chi connectivity index (χ0v) is 26.1. The lowest BCUT2D eigenvalue weighted by Gasteiger charge is -2.31. The first-order valence-corrected chi connectivity index (χ1v) is 18.1. The van der Waals surface area contributed by atoms with Crippen molar-refractivity contribution >= 4 is 70.1 Å². The fraction of sp³-hybridized carbons (Fsp3) is 0.0952. The third-order valence-corrected chi connectivity index (χ3v) is 13.1. The Hall–Kier alpha value is -4.99. The molecule has 6 aromatic carbocycles. The lowest BCUT2D eigenvalue weighted by Crippen LogP contribution is -2.03. The first-order valence-electron chi connectivity index (χ1n) is 15.7. The summed E-state index contributed by atoms with van der Waals surface area (Å²) in [5, 5.41) is 7.41. The number of fused-ring (bicyclic) bond motifs is 11. The van der Waals surface area contributed by atoms with Crippen LogP contribution in [-0.4, -0.2) is 17.1 Å². The van der Waals surface area contributed by atoms with Gasteiger partial charge in [0.25, 0.3) is 0 Å². The summed E-state index contributed by atoms with van der Waals surface area (Å²) >= 11 is 0. The molecule has 8 aromatic rings. The molecule has 0 N–H and O–H groups in total. The molecule has 1 aliphatic carbocycles. The van der Waals surface area contributed by atoms with Gasteiger partial charge in [0.1, 0.15) is 11.2 Å². The Kier molecular flexibility index (Phi) is 5.09. The Morgan fingerprint density at radius 2 is 1.47 bits per heavy atom. The Morgan fingerprint density at radius 3 is 2.40 bits per heavy atom. The summed E-state index contributed by atoms with van der Waals surface area (Å²) in [4.78, 5) is 3.08. The number of rotatable bonds is 2. The summed E-state index contributed by atoms with van der Waals surface area (Å²) in [6.45, 7) is 0. The van der Waals surface area contributed by atoms with Crippen LogP contribution < -0.4 is 0 Å². The summed E-state index contributed by atoms with van der Waals surface area (Å²) < 4.78 is 8.61. The van der Waals surface area contributed by atoms with Crippen molar-refractivity contribution in [2.45, 2.75) is 17.2 Å². The van der Waals surface area contributed by atoms with Crippen LogP contribution in [0.3, 0.4) is 0 Å². The quantitative estimate of drug-likeness (QED) is 0.194. The molecular formula is C42H31NOS. The van der Waals surface area contributed by atoms with Crippen LogP contribution in [0.15, 0.2) is 148 Å². The predicted molar refractivity (Wildman–Crippen MR) is 193 cm³/mol. The summed E-state index contributed by atoms with van der Waals surface area (Å²) in [6.07, 6.45) is 11.1. The Morgan fingerprint density at radius 1 is 0.667 bits per heavy atom. The number of hydrogen-bond donors (Lipinski definition) is 0. The smallest absolute Gasteiger partial charge is 0.136 e. The number of para-hydroxylation sites is 2. The van der Waals surface area contributed by atoms with Gasteiger partial charge in [0.2, 0.25) is 0 Å². The van der Waals surface area contributed by atoms with E-state index in [1.54, 1.807) is 4.91 Å². The fourth-order valence-electron chi connectivity index (χ4n) is 8.04. The highest BCUT2D eigenvalue weighted by atomic mass is 32.3. The molecule has 3 heteroatoms.